The molecule has 82 valence electrons. The van der Waals surface area contributed by atoms with Crippen LogP contribution in [0.5, 0.6) is 5.88 Å². The van der Waals surface area contributed by atoms with Crippen molar-refractivity contribution in [1.29, 1.82) is 0 Å². The predicted molar refractivity (Wildman–Crippen MR) is 51.4 cm³/mol. The average Bonchev–Trinajstić information content (AvgIpc) is 2.28. The molecule has 0 amide bonds. The smallest absolute Gasteiger partial charge is 0.232 e. The molecule has 0 spiro atoms. The molecule has 0 radical (unpaired) electrons. The fourth-order valence-corrected chi connectivity index (χ4v) is 1.32. The van der Waals surface area contributed by atoms with Gasteiger partial charge in [0, 0.05) is 6.07 Å². The number of methoxy groups -OCH3 is 1. The van der Waals surface area contributed by atoms with Gasteiger partial charge in [0.15, 0.2) is 12.1 Å². The van der Waals surface area contributed by atoms with E-state index in [1.165, 1.54) is 13.3 Å². The topological polar surface area (TPSA) is 52.1 Å². The Hall–Kier alpha value is -2.11. The molecule has 1 aromatic heterocycles. The number of carbonyl (C=O) groups excluding carboxylic acids is 1. The van der Waals surface area contributed by atoms with E-state index in [0.717, 1.165) is 0 Å². The molecule has 0 saturated heterocycles. The molecular weight excluding hydrogens is 218 g/mol. The molecule has 0 atom stereocenters. The van der Waals surface area contributed by atoms with Crippen molar-refractivity contribution in [3.63, 3.8) is 0 Å². The number of hydrogen-bond donors (Lipinski definition) is 0. The van der Waals surface area contributed by atoms with Crippen LogP contribution in [0.3, 0.4) is 0 Å². The van der Waals surface area contributed by atoms with Crippen molar-refractivity contribution in [2.24, 2.45) is 0 Å². The second-order valence-corrected chi connectivity index (χ2v) is 2.98. The molecule has 1 aromatic carbocycles. The quantitative estimate of drug-likeness (QED) is 0.729. The summed E-state index contributed by atoms with van der Waals surface area (Å²) >= 11 is 0. The standard InChI is InChI=1S/C10H6F2N2O2/c1-16-8-3-13-10-7(12)2-6(11)5(4-15)9(10)14-8/h2-4H,1H3. The third-order valence-electron chi connectivity index (χ3n) is 2.07. The van der Waals surface area contributed by atoms with Gasteiger partial charge in [-0.3, -0.25) is 4.79 Å². The van der Waals surface area contributed by atoms with Gasteiger partial charge in [0.05, 0.1) is 18.9 Å². The Kier molecular flexibility index (Phi) is 2.47. The number of hydrogen-bond acceptors (Lipinski definition) is 4. The van der Waals surface area contributed by atoms with Crippen molar-refractivity contribution in [3.05, 3.63) is 29.5 Å². The number of aldehydes is 1. The van der Waals surface area contributed by atoms with Crippen molar-refractivity contribution < 1.29 is 18.3 Å². The number of ether oxygens (including phenoxy) is 1. The van der Waals surface area contributed by atoms with Crippen LogP contribution in [-0.4, -0.2) is 23.4 Å². The van der Waals surface area contributed by atoms with E-state index in [2.05, 4.69) is 9.97 Å². The number of rotatable bonds is 2. The molecule has 4 nitrogen and oxygen atoms in total. The van der Waals surface area contributed by atoms with Crippen molar-refractivity contribution in [1.82, 2.24) is 9.97 Å². The van der Waals surface area contributed by atoms with E-state index in [0.29, 0.717) is 6.07 Å². The molecule has 2 aromatic rings. The monoisotopic (exact) mass is 224 g/mol. The minimum absolute atomic E-state index is 0.0839. The maximum Gasteiger partial charge on any atom is 0.232 e. The van der Waals surface area contributed by atoms with E-state index in [4.69, 9.17) is 4.74 Å². The van der Waals surface area contributed by atoms with Gasteiger partial charge in [-0.1, -0.05) is 0 Å². The fourth-order valence-electron chi connectivity index (χ4n) is 1.32. The lowest BCUT2D eigenvalue weighted by atomic mass is 10.1. The highest BCUT2D eigenvalue weighted by Gasteiger charge is 2.14. The molecule has 0 aliphatic carbocycles. The number of halogens is 2. The van der Waals surface area contributed by atoms with Crippen LogP contribution in [0.1, 0.15) is 10.4 Å². The number of aromatic nitrogens is 2. The molecule has 0 unspecified atom stereocenters. The van der Waals surface area contributed by atoms with Gasteiger partial charge in [-0.2, -0.15) is 0 Å². The van der Waals surface area contributed by atoms with Crippen LogP contribution in [0.25, 0.3) is 11.0 Å². The first-order valence-electron chi connectivity index (χ1n) is 4.31. The van der Waals surface area contributed by atoms with Gasteiger partial charge in [-0.05, 0) is 0 Å². The molecular formula is C10H6F2N2O2. The second-order valence-electron chi connectivity index (χ2n) is 2.98. The summed E-state index contributed by atoms with van der Waals surface area (Å²) in [4.78, 5) is 18.2. The second kappa shape index (κ2) is 3.80. The van der Waals surface area contributed by atoms with Crippen LogP contribution in [0.15, 0.2) is 12.3 Å². The molecule has 0 aliphatic rings. The summed E-state index contributed by atoms with van der Waals surface area (Å²) in [6.07, 6.45) is 1.46. The number of carbonyl (C=O) groups is 1. The fraction of sp³-hybridized carbons (Fsp3) is 0.100. The maximum atomic E-state index is 13.3. The molecule has 16 heavy (non-hydrogen) atoms. The van der Waals surface area contributed by atoms with Crippen LogP contribution in [0, 0.1) is 11.6 Å². The summed E-state index contributed by atoms with van der Waals surface area (Å²) in [7, 11) is 1.34. The first-order valence-corrected chi connectivity index (χ1v) is 4.31. The van der Waals surface area contributed by atoms with E-state index in [-0.39, 0.29) is 28.8 Å². The molecule has 2 rings (SSSR count). The summed E-state index contributed by atoms with van der Waals surface area (Å²) < 4.78 is 31.3. The largest absolute Gasteiger partial charge is 0.480 e. The van der Waals surface area contributed by atoms with Crippen LogP contribution in [0.2, 0.25) is 0 Å². The maximum absolute atomic E-state index is 13.3. The van der Waals surface area contributed by atoms with Gasteiger partial charge in [-0.25, -0.2) is 18.7 Å². The van der Waals surface area contributed by atoms with E-state index >= 15 is 0 Å². The van der Waals surface area contributed by atoms with Gasteiger partial charge in [0.2, 0.25) is 5.88 Å². The van der Waals surface area contributed by atoms with Gasteiger partial charge in [-0.15, -0.1) is 0 Å². The van der Waals surface area contributed by atoms with Gasteiger partial charge < -0.3 is 4.74 Å². The molecule has 1 heterocycles. The predicted octanol–water partition coefficient (Wildman–Crippen LogP) is 1.73. The molecule has 0 bridgehead atoms. The third-order valence-corrected chi connectivity index (χ3v) is 2.07. The van der Waals surface area contributed by atoms with E-state index in [1.54, 1.807) is 0 Å². The first-order chi connectivity index (χ1) is 7.67. The molecule has 0 N–H and O–H groups in total. The zero-order chi connectivity index (χ0) is 11.7. The highest BCUT2D eigenvalue weighted by molar-refractivity contribution is 5.94. The third kappa shape index (κ3) is 1.48. The Bertz CT molecular complexity index is 572. The number of fused-ring (bicyclic) bond motifs is 1. The van der Waals surface area contributed by atoms with Crippen LogP contribution in [0.4, 0.5) is 8.78 Å². The average molecular weight is 224 g/mol. The summed E-state index contributed by atoms with van der Waals surface area (Å²) in [5.74, 6) is -1.75. The Labute approximate surface area is 88.9 Å². The van der Waals surface area contributed by atoms with Crippen LogP contribution in [-0.2, 0) is 0 Å². The highest BCUT2D eigenvalue weighted by atomic mass is 19.1. The summed E-state index contributed by atoms with van der Waals surface area (Å²) in [5.41, 5.74) is -0.640. The number of benzene rings is 1. The summed E-state index contributed by atoms with van der Waals surface area (Å²) in [6.45, 7) is 0. The van der Waals surface area contributed by atoms with Crippen LogP contribution >= 0.6 is 0 Å². The van der Waals surface area contributed by atoms with E-state index in [9.17, 15) is 13.6 Å². The van der Waals surface area contributed by atoms with Crippen molar-refractivity contribution in [3.8, 4) is 5.88 Å². The molecule has 0 saturated carbocycles. The van der Waals surface area contributed by atoms with E-state index < -0.39 is 11.6 Å². The number of nitrogens with zero attached hydrogens (tertiary/aromatic N) is 2. The molecule has 0 aliphatic heterocycles. The summed E-state index contributed by atoms with van der Waals surface area (Å²) in [5, 5.41) is 0. The lowest BCUT2D eigenvalue weighted by Crippen LogP contribution is -1.99. The highest BCUT2D eigenvalue weighted by Crippen LogP contribution is 2.22. The zero-order valence-corrected chi connectivity index (χ0v) is 8.20. The van der Waals surface area contributed by atoms with Gasteiger partial charge in [0.1, 0.15) is 16.9 Å². The Morgan fingerprint density at radius 1 is 1.31 bits per heavy atom. The van der Waals surface area contributed by atoms with E-state index in [1.807, 2.05) is 0 Å². The van der Waals surface area contributed by atoms with Crippen molar-refractivity contribution in [2.45, 2.75) is 0 Å². The Morgan fingerprint density at radius 3 is 2.69 bits per heavy atom. The molecule has 0 fully saturated rings. The zero-order valence-electron chi connectivity index (χ0n) is 8.20. The van der Waals surface area contributed by atoms with Crippen molar-refractivity contribution >= 4 is 17.3 Å². The first kappa shape index (κ1) is 10.4. The molecule has 6 heteroatoms. The Balaban J connectivity index is 2.89. The van der Waals surface area contributed by atoms with Gasteiger partial charge in [0.25, 0.3) is 0 Å². The lowest BCUT2D eigenvalue weighted by molar-refractivity contribution is 0.112. The lowest BCUT2D eigenvalue weighted by Gasteiger charge is -2.04. The minimum atomic E-state index is -0.970. The van der Waals surface area contributed by atoms with Gasteiger partial charge >= 0.3 is 0 Å². The normalized spacial score (nSPS) is 10.4. The Morgan fingerprint density at radius 2 is 2.06 bits per heavy atom. The van der Waals surface area contributed by atoms with Crippen molar-refractivity contribution in [2.75, 3.05) is 7.11 Å². The minimum Gasteiger partial charge on any atom is -0.480 e. The summed E-state index contributed by atoms with van der Waals surface area (Å²) in [6, 6.07) is 0.604. The SMILES string of the molecule is COc1cnc2c(F)cc(F)c(C=O)c2n1. The van der Waals surface area contributed by atoms with Crippen LogP contribution < -0.4 is 4.74 Å².